The topological polar surface area (TPSA) is 45.1 Å². The van der Waals surface area contributed by atoms with Crippen molar-refractivity contribution >= 4 is 45.9 Å². The van der Waals surface area contributed by atoms with Crippen molar-refractivity contribution in [1.82, 2.24) is 4.90 Å². The van der Waals surface area contributed by atoms with E-state index in [4.69, 9.17) is 9.73 Å². The molecule has 0 N–H and O–H groups in total. The molecule has 0 atom stereocenters. The van der Waals surface area contributed by atoms with E-state index < -0.39 is 0 Å². The van der Waals surface area contributed by atoms with E-state index in [0.717, 1.165) is 29.1 Å². The van der Waals surface area contributed by atoms with E-state index in [9.17, 15) is 4.79 Å². The smallest absolute Gasteiger partial charge is 0.266 e. The molecule has 4 rings (SSSR count). The van der Waals surface area contributed by atoms with Gasteiger partial charge in [0.25, 0.3) is 5.91 Å². The number of aliphatic imine (C=N–C) groups is 1. The van der Waals surface area contributed by atoms with Gasteiger partial charge in [-0.2, -0.15) is 0 Å². The first-order valence-corrected chi connectivity index (χ1v) is 12.7. The van der Waals surface area contributed by atoms with Crippen molar-refractivity contribution in [3.63, 3.8) is 0 Å². The Kier molecular flexibility index (Phi) is 7.47. The van der Waals surface area contributed by atoms with Crippen LogP contribution in [-0.4, -0.2) is 48.3 Å². The Balaban J connectivity index is 1.72. The van der Waals surface area contributed by atoms with Crippen molar-refractivity contribution in [2.45, 2.75) is 39.7 Å². The zero-order valence-corrected chi connectivity index (χ0v) is 21.8. The number of benzene rings is 2. The number of likely N-dealkylation sites (N-methyl/N-ethyl adjacent to an activating group) is 1. The van der Waals surface area contributed by atoms with Crippen LogP contribution in [0.15, 0.2) is 58.4 Å². The molecular formula is C28H32FN3O2S. The fourth-order valence-corrected chi connectivity index (χ4v) is 5.73. The number of anilines is 1. The normalized spacial score (nSPS) is 19.5. The van der Waals surface area contributed by atoms with Crippen LogP contribution in [0.25, 0.3) is 11.6 Å². The van der Waals surface area contributed by atoms with Gasteiger partial charge in [-0.15, -0.1) is 0 Å². The quantitative estimate of drug-likeness (QED) is 0.327. The van der Waals surface area contributed by atoms with Crippen molar-refractivity contribution in [2.24, 2.45) is 4.99 Å². The molecule has 1 fully saturated rings. The van der Waals surface area contributed by atoms with Crippen molar-refractivity contribution in [3.8, 4) is 0 Å². The van der Waals surface area contributed by atoms with Gasteiger partial charge in [0.2, 0.25) is 0 Å². The number of methoxy groups -OCH3 is 1. The second-order valence-electron chi connectivity index (χ2n) is 9.26. The number of halogens is 1. The molecule has 2 aliphatic heterocycles. The third-order valence-electron chi connectivity index (χ3n) is 6.30. The molecular weight excluding hydrogens is 461 g/mol. The molecule has 1 saturated heterocycles. The van der Waals surface area contributed by atoms with E-state index in [0.29, 0.717) is 35.2 Å². The number of nitrogens with zero attached hydrogens (tertiary/aromatic N) is 3. The van der Waals surface area contributed by atoms with Gasteiger partial charge in [0.1, 0.15) is 5.82 Å². The summed E-state index contributed by atoms with van der Waals surface area (Å²) in [5.74, 6) is -0.505. The average Bonchev–Trinajstić information content (AvgIpc) is 3.09. The van der Waals surface area contributed by atoms with E-state index >= 15 is 4.39 Å². The fourth-order valence-electron chi connectivity index (χ4n) is 4.71. The van der Waals surface area contributed by atoms with E-state index in [1.54, 1.807) is 24.2 Å². The van der Waals surface area contributed by atoms with Gasteiger partial charge in [-0.05, 0) is 81.8 Å². The molecule has 0 aromatic heterocycles. The second kappa shape index (κ2) is 10.4. The first-order chi connectivity index (χ1) is 16.7. The summed E-state index contributed by atoms with van der Waals surface area (Å²) in [5, 5.41) is 0.594. The van der Waals surface area contributed by atoms with Crippen LogP contribution in [0.5, 0.6) is 0 Å². The zero-order valence-electron chi connectivity index (χ0n) is 21.0. The van der Waals surface area contributed by atoms with Crippen LogP contribution in [0.2, 0.25) is 0 Å². The molecule has 2 heterocycles. The Morgan fingerprint density at radius 2 is 1.94 bits per heavy atom. The van der Waals surface area contributed by atoms with E-state index in [1.165, 1.54) is 11.8 Å². The largest absolute Gasteiger partial charge is 0.385 e. The fraction of sp³-hybridized carbons (Fsp3) is 0.357. The van der Waals surface area contributed by atoms with Crippen LogP contribution in [0, 0.1) is 5.82 Å². The van der Waals surface area contributed by atoms with Crippen molar-refractivity contribution in [2.75, 3.05) is 31.7 Å². The maximum absolute atomic E-state index is 15.4. The average molecular weight is 494 g/mol. The van der Waals surface area contributed by atoms with Crippen LogP contribution in [0.1, 0.15) is 45.2 Å². The Hall–Kier alpha value is -2.90. The summed E-state index contributed by atoms with van der Waals surface area (Å²) in [4.78, 5) is 22.3. The molecule has 0 radical (unpaired) electrons. The summed E-state index contributed by atoms with van der Waals surface area (Å²) in [6, 6.07) is 13.0. The standard InChI is InChI=1S/C28H32FN3O2S/c1-6-32-24-17-23(29)20(15-22(24)19(2)18-28(32,3)4)16-25-26(33)31(13-10-14-34-5)27(35-25)30-21-11-8-7-9-12-21/h7-9,11-12,15-18H,6,10,13-14H2,1-5H3/b25-16+,30-27?. The third-order valence-corrected chi connectivity index (χ3v) is 7.30. The lowest BCUT2D eigenvalue weighted by Crippen LogP contribution is -2.45. The molecule has 184 valence electrons. The number of carbonyl (C=O) groups excluding carboxylic acids is 1. The molecule has 0 unspecified atom stereocenters. The van der Waals surface area contributed by atoms with Gasteiger partial charge in [-0.1, -0.05) is 24.3 Å². The van der Waals surface area contributed by atoms with E-state index in [-0.39, 0.29) is 17.3 Å². The Morgan fingerprint density at radius 1 is 1.20 bits per heavy atom. The minimum absolute atomic E-state index is 0.165. The van der Waals surface area contributed by atoms with Crippen LogP contribution in [0.4, 0.5) is 15.8 Å². The SMILES string of the molecule is CCN1c2cc(F)c(/C=C3/SC(=Nc4ccccc4)N(CCCOC)C3=O)cc2C(C)=CC1(C)C. The highest BCUT2D eigenvalue weighted by atomic mass is 32.2. The van der Waals surface area contributed by atoms with Crippen LogP contribution < -0.4 is 4.90 Å². The number of fused-ring (bicyclic) bond motifs is 1. The summed E-state index contributed by atoms with van der Waals surface area (Å²) >= 11 is 1.28. The number of para-hydroxylation sites is 1. The summed E-state index contributed by atoms with van der Waals surface area (Å²) in [5.41, 5.74) is 3.96. The molecule has 2 aromatic carbocycles. The lowest BCUT2D eigenvalue weighted by atomic mass is 9.88. The number of thioether (sulfide) groups is 1. The summed E-state index contributed by atoms with van der Waals surface area (Å²) in [6.07, 6.45) is 4.55. The third kappa shape index (κ3) is 5.21. The molecule has 0 spiro atoms. The van der Waals surface area contributed by atoms with Crippen molar-refractivity contribution in [1.29, 1.82) is 0 Å². The molecule has 35 heavy (non-hydrogen) atoms. The lowest BCUT2D eigenvalue weighted by molar-refractivity contribution is -0.122. The minimum atomic E-state index is -0.340. The first kappa shape index (κ1) is 25.2. The summed E-state index contributed by atoms with van der Waals surface area (Å²) in [6.45, 7) is 10.2. The van der Waals surface area contributed by atoms with Gasteiger partial charge in [0.05, 0.1) is 16.1 Å². The van der Waals surface area contributed by atoms with Crippen LogP contribution in [0.3, 0.4) is 0 Å². The monoisotopic (exact) mass is 493 g/mol. The van der Waals surface area contributed by atoms with Crippen LogP contribution >= 0.6 is 11.8 Å². The molecule has 0 aliphatic carbocycles. The van der Waals surface area contributed by atoms with E-state index in [1.807, 2.05) is 36.4 Å². The Labute approximate surface area is 211 Å². The molecule has 1 amide bonds. The number of carbonyl (C=O) groups is 1. The minimum Gasteiger partial charge on any atom is -0.385 e. The van der Waals surface area contributed by atoms with Crippen LogP contribution in [-0.2, 0) is 9.53 Å². The highest BCUT2D eigenvalue weighted by molar-refractivity contribution is 8.18. The molecule has 0 bridgehead atoms. The highest BCUT2D eigenvalue weighted by Gasteiger charge is 2.34. The molecule has 2 aromatic rings. The predicted octanol–water partition coefficient (Wildman–Crippen LogP) is 6.49. The van der Waals surface area contributed by atoms with Gasteiger partial charge in [-0.3, -0.25) is 9.69 Å². The number of rotatable bonds is 7. The first-order valence-electron chi connectivity index (χ1n) is 11.9. The van der Waals surface area contributed by atoms with Gasteiger partial charge in [-0.25, -0.2) is 9.38 Å². The second-order valence-corrected chi connectivity index (χ2v) is 10.3. The maximum atomic E-state index is 15.4. The number of amidine groups is 1. The number of allylic oxidation sites excluding steroid dienone is 1. The predicted molar refractivity (Wildman–Crippen MR) is 144 cm³/mol. The molecule has 2 aliphatic rings. The van der Waals surface area contributed by atoms with Crippen molar-refractivity contribution in [3.05, 3.63) is 70.4 Å². The Morgan fingerprint density at radius 3 is 2.63 bits per heavy atom. The van der Waals surface area contributed by atoms with Gasteiger partial charge in [0.15, 0.2) is 5.17 Å². The number of ether oxygens (including phenoxy) is 1. The summed E-state index contributed by atoms with van der Waals surface area (Å²) in [7, 11) is 1.64. The zero-order chi connectivity index (χ0) is 25.2. The van der Waals surface area contributed by atoms with Crippen molar-refractivity contribution < 1.29 is 13.9 Å². The van der Waals surface area contributed by atoms with E-state index in [2.05, 4.69) is 38.7 Å². The summed E-state index contributed by atoms with van der Waals surface area (Å²) < 4.78 is 20.5. The Bertz CT molecular complexity index is 1200. The lowest BCUT2D eigenvalue weighted by Gasteiger charge is -2.42. The molecule has 7 heteroatoms. The molecule has 0 saturated carbocycles. The number of amides is 1. The number of hydrogen-bond acceptors (Lipinski definition) is 5. The maximum Gasteiger partial charge on any atom is 0.266 e. The van der Waals surface area contributed by atoms with Gasteiger partial charge >= 0.3 is 0 Å². The van der Waals surface area contributed by atoms with Gasteiger partial charge in [0, 0.05) is 43.6 Å². The van der Waals surface area contributed by atoms with Gasteiger partial charge < -0.3 is 9.64 Å². The highest BCUT2D eigenvalue weighted by Crippen LogP contribution is 2.41. The number of hydrogen-bond donors (Lipinski definition) is 0. The molecule has 5 nitrogen and oxygen atoms in total.